The molecule has 0 bridgehead atoms. The number of carbonyl (C=O) groups is 1. The topological polar surface area (TPSA) is 82.0 Å². The van der Waals surface area contributed by atoms with Crippen LogP contribution in [0, 0.1) is 6.92 Å². The molecule has 3 unspecified atom stereocenters. The maximum absolute atomic E-state index is 11.2. The number of ether oxygens (including phenoxy) is 1. The number of amides is 1. The zero-order valence-electron chi connectivity index (χ0n) is 19.2. The van der Waals surface area contributed by atoms with Crippen LogP contribution in [0.5, 0.6) is 5.75 Å². The predicted octanol–water partition coefficient (Wildman–Crippen LogP) is 3.58. The molecule has 3 N–H and O–H groups in total. The van der Waals surface area contributed by atoms with Crippen molar-refractivity contribution < 1.29 is 19.7 Å². The normalized spacial score (nSPS) is 22.0. The summed E-state index contributed by atoms with van der Waals surface area (Å²) in [4.78, 5) is 13.5. The van der Waals surface area contributed by atoms with E-state index >= 15 is 0 Å². The lowest BCUT2D eigenvalue weighted by Gasteiger charge is -2.46. The van der Waals surface area contributed by atoms with Crippen molar-refractivity contribution in [1.82, 2.24) is 10.2 Å². The summed E-state index contributed by atoms with van der Waals surface area (Å²) in [6.45, 7) is 7.69. The third kappa shape index (κ3) is 4.98. The number of hydrogen-bond donors (Lipinski definition) is 3. The molecule has 2 heterocycles. The predicted molar refractivity (Wildman–Crippen MR) is 123 cm³/mol. The van der Waals surface area contributed by atoms with Crippen LogP contribution in [0.15, 0.2) is 42.5 Å². The summed E-state index contributed by atoms with van der Waals surface area (Å²) in [5, 5.41) is 24.4. The molecule has 2 aliphatic heterocycles. The highest BCUT2D eigenvalue weighted by Gasteiger charge is 2.43. The third-order valence-corrected chi connectivity index (χ3v) is 6.86. The zero-order valence-corrected chi connectivity index (χ0v) is 19.2. The van der Waals surface area contributed by atoms with Crippen molar-refractivity contribution in [2.24, 2.45) is 0 Å². The number of aliphatic hydroxyl groups is 2. The Labute approximate surface area is 190 Å². The Hall–Kier alpha value is -2.41. The molecule has 2 aliphatic rings. The summed E-state index contributed by atoms with van der Waals surface area (Å²) in [6, 6.07) is 13.7. The molecule has 0 radical (unpaired) electrons. The average molecular weight is 439 g/mol. The number of likely N-dealkylation sites (tertiary alicyclic amines) is 1. The van der Waals surface area contributed by atoms with Crippen molar-refractivity contribution in [2.75, 3.05) is 19.6 Å². The van der Waals surface area contributed by atoms with Gasteiger partial charge in [0.05, 0.1) is 18.2 Å². The van der Waals surface area contributed by atoms with Gasteiger partial charge in [-0.2, -0.15) is 0 Å². The molecule has 2 aromatic rings. The second-order valence-electron chi connectivity index (χ2n) is 9.45. The van der Waals surface area contributed by atoms with E-state index in [0.29, 0.717) is 13.0 Å². The highest BCUT2D eigenvalue weighted by molar-refractivity contribution is 5.73. The van der Waals surface area contributed by atoms with Crippen molar-refractivity contribution in [3.63, 3.8) is 0 Å². The largest absolute Gasteiger partial charge is 0.487 e. The molecule has 1 saturated heterocycles. The quantitative estimate of drug-likeness (QED) is 0.665. The van der Waals surface area contributed by atoms with Crippen molar-refractivity contribution in [1.29, 1.82) is 0 Å². The Kier molecular flexibility index (Phi) is 6.56. The average Bonchev–Trinajstić information content (AvgIpc) is 2.76. The fraction of sp³-hybridized carbons (Fsp3) is 0.500. The van der Waals surface area contributed by atoms with Gasteiger partial charge in [-0.3, -0.25) is 4.79 Å². The Balaban J connectivity index is 1.33. The van der Waals surface area contributed by atoms with Gasteiger partial charge >= 0.3 is 0 Å². The smallest absolute Gasteiger partial charge is 0.217 e. The SMILES string of the molecule is CC(=O)NC(C)c1ccc(C(O)CN2CCC3(CC2)CC(O)c2cc(C)ccc2O3)cc1. The Bertz CT molecular complexity index is 951. The number of benzene rings is 2. The molecule has 1 spiro atoms. The minimum Gasteiger partial charge on any atom is -0.487 e. The van der Waals surface area contributed by atoms with Crippen LogP contribution in [0.2, 0.25) is 0 Å². The standard InChI is InChI=1S/C26H34N2O4/c1-17-4-9-25-22(14-17)23(30)15-26(32-25)10-12-28(13-11-26)16-24(31)21-7-5-20(6-8-21)18(2)27-19(3)29/h4-9,14,18,23-24,30-31H,10-13,15-16H2,1-3H3,(H,27,29). The van der Waals surface area contributed by atoms with E-state index in [1.165, 1.54) is 6.92 Å². The first kappa shape index (κ1) is 22.8. The van der Waals surface area contributed by atoms with Crippen LogP contribution < -0.4 is 10.1 Å². The van der Waals surface area contributed by atoms with Crippen LogP contribution >= 0.6 is 0 Å². The molecule has 6 heteroatoms. The van der Waals surface area contributed by atoms with Crippen molar-refractivity contribution in [3.05, 3.63) is 64.7 Å². The highest BCUT2D eigenvalue weighted by atomic mass is 16.5. The molecular weight excluding hydrogens is 404 g/mol. The minimum atomic E-state index is -0.573. The first-order valence-corrected chi connectivity index (χ1v) is 11.5. The molecule has 0 aliphatic carbocycles. The van der Waals surface area contributed by atoms with E-state index < -0.39 is 12.2 Å². The first-order valence-electron chi connectivity index (χ1n) is 11.5. The van der Waals surface area contributed by atoms with Crippen molar-refractivity contribution in [3.8, 4) is 5.75 Å². The number of β-amino-alcohol motifs (C(OH)–C–C–N with tert-alkyl or cyclic N) is 1. The number of piperidine rings is 1. The summed E-state index contributed by atoms with van der Waals surface area (Å²) in [6.07, 6.45) is 1.22. The lowest BCUT2D eigenvalue weighted by molar-refractivity contribution is -0.119. The van der Waals surface area contributed by atoms with Crippen LogP contribution in [-0.4, -0.2) is 46.3 Å². The second kappa shape index (κ2) is 9.22. The monoisotopic (exact) mass is 438 g/mol. The molecule has 172 valence electrons. The van der Waals surface area contributed by atoms with Crippen LogP contribution in [0.4, 0.5) is 0 Å². The number of nitrogens with one attached hydrogen (secondary N) is 1. The first-order chi connectivity index (χ1) is 15.2. The van der Waals surface area contributed by atoms with Crippen LogP contribution in [-0.2, 0) is 4.79 Å². The van der Waals surface area contributed by atoms with Crippen molar-refractivity contribution >= 4 is 5.91 Å². The second-order valence-corrected chi connectivity index (χ2v) is 9.45. The lowest BCUT2D eigenvalue weighted by atomic mass is 9.81. The van der Waals surface area contributed by atoms with E-state index in [9.17, 15) is 15.0 Å². The van der Waals surface area contributed by atoms with E-state index in [-0.39, 0.29) is 17.6 Å². The molecule has 1 amide bonds. The zero-order chi connectivity index (χ0) is 22.9. The van der Waals surface area contributed by atoms with Gasteiger partial charge in [0, 0.05) is 38.5 Å². The molecule has 0 saturated carbocycles. The Morgan fingerprint density at radius 1 is 1.19 bits per heavy atom. The van der Waals surface area contributed by atoms with Gasteiger partial charge in [0.25, 0.3) is 0 Å². The molecule has 4 rings (SSSR count). The number of hydrogen-bond acceptors (Lipinski definition) is 5. The lowest BCUT2D eigenvalue weighted by Crippen LogP contribution is -2.51. The maximum atomic E-state index is 11.2. The van der Waals surface area contributed by atoms with Crippen LogP contribution in [0.1, 0.15) is 73.6 Å². The van der Waals surface area contributed by atoms with Gasteiger partial charge in [-0.15, -0.1) is 0 Å². The van der Waals surface area contributed by atoms with Gasteiger partial charge < -0.3 is 25.2 Å². The molecular formula is C26H34N2O4. The summed E-state index contributed by atoms with van der Waals surface area (Å²) in [7, 11) is 0. The van der Waals surface area contributed by atoms with Crippen molar-refractivity contribution in [2.45, 2.75) is 63.9 Å². The molecule has 6 nitrogen and oxygen atoms in total. The van der Waals surface area contributed by atoms with E-state index in [2.05, 4.69) is 10.2 Å². The highest BCUT2D eigenvalue weighted by Crippen LogP contribution is 2.44. The fourth-order valence-corrected chi connectivity index (χ4v) is 4.95. The molecule has 2 aromatic carbocycles. The van der Waals surface area contributed by atoms with Gasteiger partial charge in [-0.25, -0.2) is 0 Å². The summed E-state index contributed by atoms with van der Waals surface area (Å²) < 4.78 is 6.41. The molecule has 0 aromatic heterocycles. The third-order valence-electron chi connectivity index (χ3n) is 6.86. The molecule has 32 heavy (non-hydrogen) atoms. The van der Waals surface area contributed by atoms with Gasteiger partial charge in [0.15, 0.2) is 0 Å². The van der Waals surface area contributed by atoms with E-state index in [0.717, 1.165) is 53.9 Å². The maximum Gasteiger partial charge on any atom is 0.217 e. The van der Waals surface area contributed by atoms with E-state index in [1.807, 2.05) is 56.3 Å². The van der Waals surface area contributed by atoms with Crippen LogP contribution in [0.3, 0.4) is 0 Å². The summed E-state index contributed by atoms with van der Waals surface area (Å²) >= 11 is 0. The fourth-order valence-electron chi connectivity index (χ4n) is 4.95. The number of aliphatic hydroxyl groups excluding tert-OH is 2. The van der Waals surface area contributed by atoms with Gasteiger partial charge in [-0.05, 0) is 49.9 Å². The van der Waals surface area contributed by atoms with Gasteiger partial charge in [0.1, 0.15) is 11.4 Å². The molecule has 1 fully saturated rings. The number of rotatable bonds is 5. The van der Waals surface area contributed by atoms with Gasteiger partial charge in [0.2, 0.25) is 5.91 Å². The number of nitrogens with zero attached hydrogens (tertiary/aromatic N) is 1. The van der Waals surface area contributed by atoms with Gasteiger partial charge in [-0.1, -0.05) is 35.9 Å². The van der Waals surface area contributed by atoms with E-state index in [4.69, 9.17) is 4.74 Å². The van der Waals surface area contributed by atoms with E-state index in [1.54, 1.807) is 0 Å². The van der Waals surface area contributed by atoms with Crippen LogP contribution in [0.25, 0.3) is 0 Å². The number of carbonyl (C=O) groups excluding carboxylic acids is 1. The minimum absolute atomic E-state index is 0.0578. The number of fused-ring (bicyclic) bond motifs is 1. The Morgan fingerprint density at radius 2 is 1.84 bits per heavy atom. The Morgan fingerprint density at radius 3 is 2.50 bits per heavy atom. The summed E-state index contributed by atoms with van der Waals surface area (Å²) in [5.41, 5.74) is 3.58. The molecule has 3 atom stereocenters. The summed E-state index contributed by atoms with van der Waals surface area (Å²) in [5.74, 6) is 0.744. The number of aryl methyl sites for hydroxylation is 1.